The van der Waals surface area contributed by atoms with Crippen LogP contribution in [0.5, 0.6) is 0 Å². The molecule has 2 aromatic rings. The van der Waals surface area contributed by atoms with Crippen molar-refractivity contribution in [3.05, 3.63) is 22.8 Å². The maximum atomic E-state index is 12.8. The number of rotatable bonds is 11. The number of nitrogens with one attached hydrogen (secondary N) is 1. The van der Waals surface area contributed by atoms with Gasteiger partial charge in [0, 0.05) is 24.4 Å². The fourth-order valence-corrected chi connectivity index (χ4v) is 3.33. The summed E-state index contributed by atoms with van der Waals surface area (Å²) in [5.74, 6) is -1.36. The van der Waals surface area contributed by atoms with Crippen molar-refractivity contribution in [2.75, 3.05) is 6.54 Å². The Hall–Kier alpha value is -2.19. The summed E-state index contributed by atoms with van der Waals surface area (Å²) in [5.41, 5.74) is 1.81. The van der Waals surface area contributed by atoms with Crippen molar-refractivity contribution >= 4 is 11.7 Å². The van der Waals surface area contributed by atoms with E-state index in [0.29, 0.717) is 24.4 Å². The van der Waals surface area contributed by atoms with E-state index in [-0.39, 0.29) is 18.1 Å². The molecular weight excluding hydrogens is 383 g/mol. The van der Waals surface area contributed by atoms with Crippen LogP contribution < -0.4 is 5.32 Å². The average Bonchev–Trinajstić information content (AvgIpc) is 3.08. The predicted octanol–water partition coefficient (Wildman–Crippen LogP) is 4.56. The third kappa shape index (κ3) is 6.68. The van der Waals surface area contributed by atoms with Crippen LogP contribution in [0.4, 0.5) is 13.2 Å². The van der Waals surface area contributed by atoms with E-state index in [9.17, 15) is 18.0 Å². The SMILES string of the molecule is CCCCCCCCCNC(=O)CCc1c(C)nc2nc(C(F)(F)F)nn2c1C. The molecule has 0 aliphatic carbocycles. The number of aromatic nitrogens is 4. The second-order valence-corrected chi connectivity index (χ2v) is 7.38. The lowest BCUT2D eigenvalue weighted by molar-refractivity contribution is -0.144. The van der Waals surface area contributed by atoms with Crippen LogP contribution >= 0.6 is 0 Å². The topological polar surface area (TPSA) is 72.2 Å². The number of alkyl halides is 3. The largest absolute Gasteiger partial charge is 0.453 e. The molecule has 1 amide bonds. The van der Waals surface area contributed by atoms with Crippen molar-refractivity contribution in [2.45, 2.75) is 84.7 Å². The van der Waals surface area contributed by atoms with E-state index in [1.54, 1.807) is 13.8 Å². The van der Waals surface area contributed by atoms with Gasteiger partial charge in [-0.3, -0.25) is 4.79 Å². The number of hydrogen-bond donors (Lipinski definition) is 1. The van der Waals surface area contributed by atoms with Gasteiger partial charge < -0.3 is 5.32 Å². The van der Waals surface area contributed by atoms with E-state index in [0.717, 1.165) is 22.9 Å². The van der Waals surface area contributed by atoms with Gasteiger partial charge in [0.2, 0.25) is 5.91 Å². The molecule has 2 heterocycles. The van der Waals surface area contributed by atoms with E-state index in [4.69, 9.17) is 0 Å². The number of hydrogen-bond acceptors (Lipinski definition) is 4. The first kappa shape index (κ1) is 23.1. The smallest absolute Gasteiger partial charge is 0.356 e. The van der Waals surface area contributed by atoms with E-state index in [2.05, 4.69) is 27.3 Å². The Morgan fingerprint density at radius 1 is 1.03 bits per heavy atom. The number of unbranched alkanes of at least 4 members (excludes halogenated alkanes) is 6. The molecule has 9 heteroatoms. The van der Waals surface area contributed by atoms with Crippen molar-refractivity contribution in [3.8, 4) is 0 Å². The van der Waals surface area contributed by atoms with Gasteiger partial charge in [-0.1, -0.05) is 45.4 Å². The molecule has 0 bridgehead atoms. The summed E-state index contributed by atoms with van der Waals surface area (Å²) in [7, 11) is 0. The van der Waals surface area contributed by atoms with Gasteiger partial charge in [0.1, 0.15) is 0 Å². The summed E-state index contributed by atoms with van der Waals surface area (Å²) in [4.78, 5) is 19.7. The Kier molecular flexibility index (Phi) is 8.40. The minimum absolute atomic E-state index is 0.0653. The number of aryl methyl sites for hydroxylation is 2. The molecule has 0 aliphatic rings. The summed E-state index contributed by atoms with van der Waals surface area (Å²) < 4.78 is 39.6. The molecule has 2 aromatic heterocycles. The molecule has 29 heavy (non-hydrogen) atoms. The molecule has 162 valence electrons. The van der Waals surface area contributed by atoms with Gasteiger partial charge in [-0.05, 0) is 32.3 Å². The summed E-state index contributed by atoms with van der Waals surface area (Å²) in [6, 6.07) is 0. The van der Waals surface area contributed by atoms with Crippen LogP contribution in [0.25, 0.3) is 5.78 Å². The highest BCUT2D eigenvalue weighted by molar-refractivity contribution is 5.76. The maximum Gasteiger partial charge on any atom is 0.453 e. The van der Waals surface area contributed by atoms with Crippen molar-refractivity contribution in [1.29, 1.82) is 0 Å². The van der Waals surface area contributed by atoms with E-state index >= 15 is 0 Å². The van der Waals surface area contributed by atoms with Gasteiger partial charge in [-0.15, -0.1) is 5.10 Å². The number of amides is 1. The molecule has 0 saturated carbocycles. The van der Waals surface area contributed by atoms with Crippen LogP contribution in [0.2, 0.25) is 0 Å². The Bertz CT molecular complexity index is 817. The lowest BCUT2D eigenvalue weighted by Gasteiger charge is -2.10. The Balaban J connectivity index is 1.84. The Labute approximate surface area is 169 Å². The zero-order valence-electron chi connectivity index (χ0n) is 17.4. The van der Waals surface area contributed by atoms with Crippen LogP contribution in [0.15, 0.2) is 0 Å². The lowest BCUT2D eigenvalue weighted by Crippen LogP contribution is -2.25. The monoisotopic (exact) mass is 413 g/mol. The Morgan fingerprint density at radius 2 is 1.69 bits per heavy atom. The summed E-state index contributed by atoms with van der Waals surface area (Å²) in [6.07, 6.45) is 4.32. The number of fused-ring (bicyclic) bond motifs is 1. The summed E-state index contributed by atoms with van der Waals surface area (Å²) in [6.45, 7) is 6.22. The van der Waals surface area contributed by atoms with Crippen LogP contribution in [0, 0.1) is 13.8 Å². The molecule has 0 unspecified atom stereocenters. The zero-order chi connectivity index (χ0) is 21.4. The van der Waals surface area contributed by atoms with Crippen molar-refractivity contribution in [2.24, 2.45) is 0 Å². The lowest BCUT2D eigenvalue weighted by atomic mass is 10.1. The fraction of sp³-hybridized carbons (Fsp3) is 0.700. The first-order chi connectivity index (χ1) is 13.7. The van der Waals surface area contributed by atoms with Crippen LogP contribution in [0.3, 0.4) is 0 Å². The predicted molar refractivity (Wildman–Crippen MR) is 105 cm³/mol. The molecule has 0 aliphatic heterocycles. The van der Waals surface area contributed by atoms with Gasteiger partial charge >= 0.3 is 6.18 Å². The van der Waals surface area contributed by atoms with Crippen molar-refractivity contribution < 1.29 is 18.0 Å². The standard InChI is InChI=1S/C20H30F3N5O/c1-4-5-6-7-8-9-10-13-24-17(29)12-11-16-14(2)25-19-26-18(20(21,22)23)27-28(19)15(16)3/h4-13H2,1-3H3,(H,24,29). The highest BCUT2D eigenvalue weighted by Crippen LogP contribution is 2.27. The molecule has 0 aromatic carbocycles. The summed E-state index contributed by atoms with van der Waals surface area (Å²) >= 11 is 0. The van der Waals surface area contributed by atoms with E-state index < -0.39 is 12.0 Å². The second kappa shape index (κ2) is 10.5. The van der Waals surface area contributed by atoms with Crippen LogP contribution in [-0.4, -0.2) is 32.0 Å². The first-order valence-corrected chi connectivity index (χ1v) is 10.3. The normalized spacial score (nSPS) is 11.9. The number of halogens is 3. The molecule has 1 N–H and O–H groups in total. The highest BCUT2D eigenvalue weighted by Gasteiger charge is 2.36. The molecule has 0 atom stereocenters. The fourth-order valence-electron chi connectivity index (χ4n) is 3.33. The quantitative estimate of drug-likeness (QED) is 0.548. The third-order valence-electron chi connectivity index (χ3n) is 5.01. The minimum atomic E-state index is -4.62. The second-order valence-electron chi connectivity index (χ2n) is 7.38. The highest BCUT2D eigenvalue weighted by atomic mass is 19.4. The van der Waals surface area contributed by atoms with Gasteiger partial charge in [0.05, 0.1) is 0 Å². The average molecular weight is 413 g/mol. The number of nitrogens with zero attached hydrogens (tertiary/aromatic N) is 4. The van der Waals surface area contributed by atoms with Gasteiger partial charge in [0.15, 0.2) is 0 Å². The molecule has 0 radical (unpaired) electrons. The molecule has 6 nitrogen and oxygen atoms in total. The van der Waals surface area contributed by atoms with Crippen LogP contribution in [-0.2, 0) is 17.4 Å². The van der Waals surface area contributed by atoms with Crippen molar-refractivity contribution in [3.63, 3.8) is 0 Å². The number of carbonyl (C=O) groups excluding carboxylic acids is 1. The van der Waals surface area contributed by atoms with E-state index in [1.807, 2.05) is 0 Å². The van der Waals surface area contributed by atoms with Gasteiger partial charge in [-0.25, -0.2) is 9.50 Å². The molecule has 0 fully saturated rings. The molecule has 0 saturated heterocycles. The molecular formula is C20H30F3N5O. The zero-order valence-corrected chi connectivity index (χ0v) is 17.4. The van der Waals surface area contributed by atoms with Gasteiger partial charge in [0.25, 0.3) is 11.6 Å². The van der Waals surface area contributed by atoms with Gasteiger partial charge in [-0.2, -0.15) is 18.2 Å². The van der Waals surface area contributed by atoms with E-state index in [1.165, 1.54) is 32.1 Å². The maximum absolute atomic E-state index is 12.8. The number of carbonyl (C=O) groups is 1. The Morgan fingerprint density at radius 3 is 2.34 bits per heavy atom. The summed E-state index contributed by atoms with van der Waals surface area (Å²) in [5, 5.41) is 6.44. The molecule has 0 spiro atoms. The first-order valence-electron chi connectivity index (χ1n) is 10.3. The van der Waals surface area contributed by atoms with Crippen LogP contribution in [0.1, 0.15) is 81.1 Å². The molecule has 2 rings (SSSR count). The van der Waals surface area contributed by atoms with Crippen molar-refractivity contribution in [1.82, 2.24) is 24.9 Å². The third-order valence-corrected chi connectivity index (χ3v) is 5.01. The minimum Gasteiger partial charge on any atom is -0.356 e.